The Labute approximate surface area is 193 Å². The van der Waals surface area contributed by atoms with Crippen LogP contribution < -0.4 is 20.3 Å². The van der Waals surface area contributed by atoms with E-state index in [0.29, 0.717) is 5.69 Å². The van der Waals surface area contributed by atoms with Gasteiger partial charge in [-0.15, -0.1) is 10.2 Å². The minimum atomic E-state index is -0.126. The number of carbonyl (C=O) groups excluding carboxylic acids is 2. The highest BCUT2D eigenvalue weighted by atomic mass is 16.5. The highest BCUT2D eigenvalue weighted by Crippen LogP contribution is 2.25. The summed E-state index contributed by atoms with van der Waals surface area (Å²) in [5.41, 5.74) is 3.21. The first-order chi connectivity index (χ1) is 16.0. The summed E-state index contributed by atoms with van der Waals surface area (Å²) in [7, 11) is 1.64. The van der Waals surface area contributed by atoms with Gasteiger partial charge in [-0.3, -0.25) is 9.59 Å². The van der Waals surface area contributed by atoms with Crippen LogP contribution in [0, 0.1) is 5.92 Å². The predicted molar refractivity (Wildman–Crippen MR) is 128 cm³/mol. The van der Waals surface area contributed by atoms with Gasteiger partial charge in [0.2, 0.25) is 11.8 Å². The highest BCUT2D eigenvalue weighted by molar-refractivity contribution is 5.93. The zero-order valence-electron chi connectivity index (χ0n) is 18.7. The minimum Gasteiger partial charge on any atom is -0.497 e. The Hall–Kier alpha value is -3.94. The van der Waals surface area contributed by atoms with Crippen molar-refractivity contribution in [1.29, 1.82) is 0 Å². The third-order valence-electron chi connectivity index (χ3n) is 5.70. The van der Waals surface area contributed by atoms with Crippen molar-refractivity contribution in [1.82, 2.24) is 10.2 Å². The van der Waals surface area contributed by atoms with Crippen LogP contribution in [-0.4, -0.2) is 42.2 Å². The summed E-state index contributed by atoms with van der Waals surface area (Å²) in [6.45, 7) is 2.95. The van der Waals surface area contributed by atoms with E-state index >= 15 is 0 Å². The summed E-state index contributed by atoms with van der Waals surface area (Å²) in [5.74, 6) is 1.46. The van der Waals surface area contributed by atoms with Gasteiger partial charge >= 0.3 is 0 Å². The van der Waals surface area contributed by atoms with E-state index in [1.165, 1.54) is 6.92 Å². The monoisotopic (exact) mass is 445 g/mol. The molecule has 0 unspecified atom stereocenters. The number of hydrogen-bond acceptors (Lipinski definition) is 6. The van der Waals surface area contributed by atoms with Gasteiger partial charge < -0.3 is 20.3 Å². The van der Waals surface area contributed by atoms with Crippen molar-refractivity contribution in [2.24, 2.45) is 5.92 Å². The standard InChI is InChI=1S/C25H27N5O3/c1-17(31)26-20-5-7-21(8-6-20)27-25(32)19-13-15-30(16-14-19)24-12-11-23(28-29-24)18-3-9-22(33-2)10-4-18/h3-12,19H,13-16H2,1-2H3,(H,26,31)(H,27,32). The van der Waals surface area contributed by atoms with E-state index < -0.39 is 0 Å². The van der Waals surface area contributed by atoms with Gasteiger partial charge in [0.1, 0.15) is 5.75 Å². The van der Waals surface area contributed by atoms with E-state index in [0.717, 1.165) is 54.4 Å². The number of nitrogens with zero attached hydrogens (tertiary/aromatic N) is 3. The molecule has 2 heterocycles. The molecule has 1 saturated heterocycles. The van der Waals surface area contributed by atoms with Crippen LogP contribution in [0.25, 0.3) is 11.3 Å². The molecule has 0 saturated carbocycles. The number of piperidine rings is 1. The zero-order valence-corrected chi connectivity index (χ0v) is 18.7. The fourth-order valence-electron chi connectivity index (χ4n) is 3.86. The van der Waals surface area contributed by atoms with Gasteiger partial charge in [-0.05, 0) is 73.5 Å². The highest BCUT2D eigenvalue weighted by Gasteiger charge is 2.26. The normalized spacial score (nSPS) is 13.9. The Morgan fingerprint density at radius 1 is 0.879 bits per heavy atom. The molecule has 0 bridgehead atoms. The molecular formula is C25H27N5O3. The molecule has 1 aromatic heterocycles. The Morgan fingerprint density at radius 3 is 2.06 bits per heavy atom. The van der Waals surface area contributed by atoms with Gasteiger partial charge in [-0.2, -0.15) is 0 Å². The fourth-order valence-corrected chi connectivity index (χ4v) is 3.86. The summed E-state index contributed by atoms with van der Waals surface area (Å²) >= 11 is 0. The molecule has 2 N–H and O–H groups in total. The molecule has 33 heavy (non-hydrogen) atoms. The van der Waals surface area contributed by atoms with E-state index in [1.54, 1.807) is 31.4 Å². The number of methoxy groups -OCH3 is 1. The molecule has 170 valence electrons. The number of rotatable bonds is 6. The van der Waals surface area contributed by atoms with Crippen LogP contribution in [-0.2, 0) is 9.59 Å². The van der Waals surface area contributed by atoms with E-state index in [9.17, 15) is 9.59 Å². The van der Waals surface area contributed by atoms with Gasteiger partial charge in [-0.25, -0.2) is 0 Å². The largest absolute Gasteiger partial charge is 0.497 e. The van der Waals surface area contributed by atoms with Crippen LogP contribution in [0.4, 0.5) is 17.2 Å². The van der Waals surface area contributed by atoms with E-state index in [1.807, 2.05) is 36.4 Å². The van der Waals surface area contributed by atoms with Gasteiger partial charge in [0.05, 0.1) is 12.8 Å². The number of hydrogen-bond donors (Lipinski definition) is 2. The topological polar surface area (TPSA) is 96.5 Å². The fraction of sp³-hybridized carbons (Fsp3) is 0.280. The van der Waals surface area contributed by atoms with Crippen LogP contribution in [0.1, 0.15) is 19.8 Å². The molecule has 0 spiro atoms. The smallest absolute Gasteiger partial charge is 0.227 e. The number of aromatic nitrogens is 2. The molecule has 3 aromatic rings. The van der Waals surface area contributed by atoms with Crippen LogP contribution in [0.5, 0.6) is 5.75 Å². The minimum absolute atomic E-state index is 0.0165. The maximum Gasteiger partial charge on any atom is 0.227 e. The molecule has 1 aliphatic rings. The second-order valence-corrected chi connectivity index (χ2v) is 8.01. The zero-order chi connectivity index (χ0) is 23.2. The van der Waals surface area contributed by atoms with E-state index in [4.69, 9.17) is 4.74 Å². The number of ether oxygens (including phenoxy) is 1. The quantitative estimate of drug-likeness (QED) is 0.596. The van der Waals surface area contributed by atoms with E-state index in [-0.39, 0.29) is 17.7 Å². The average molecular weight is 446 g/mol. The molecule has 0 radical (unpaired) electrons. The molecule has 2 amide bonds. The van der Waals surface area contributed by atoms with Crippen LogP contribution in [0.15, 0.2) is 60.7 Å². The first kappa shape index (κ1) is 22.3. The first-order valence-corrected chi connectivity index (χ1v) is 10.9. The van der Waals surface area contributed by atoms with Crippen molar-refractivity contribution in [2.75, 3.05) is 35.7 Å². The third kappa shape index (κ3) is 5.65. The molecule has 0 aliphatic carbocycles. The van der Waals surface area contributed by atoms with Crippen LogP contribution in [0.3, 0.4) is 0 Å². The number of benzene rings is 2. The first-order valence-electron chi connectivity index (χ1n) is 10.9. The Balaban J connectivity index is 1.30. The van der Waals surface area contributed by atoms with Crippen molar-refractivity contribution in [3.05, 3.63) is 60.7 Å². The van der Waals surface area contributed by atoms with Crippen LogP contribution >= 0.6 is 0 Å². The lowest BCUT2D eigenvalue weighted by molar-refractivity contribution is -0.120. The summed E-state index contributed by atoms with van der Waals surface area (Å²) in [4.78, 5) is 26.0. The number of carbonyl (C=O) groups is 2. The maximum absolute atomic E-state index is 12.7. The molecule has 4 rings (SSSR count). The Morgan fingerprint density at radius 2 is 1.52 bits per heavy atom. The lowest BCUT2D eigenvalue weighted by Crippen LogP contribution is -2.38. The summed E-state index contributed by atoms with van der Waals surface area (Å²) in [6, 6.07) is 18.8. The van der Waals surface area contributed by atoms with Crippen molar-refractivity contribution < 1.29 is 14.3 Å². The molecule has 0 atom stereocenters. The summed E-state index contributed by atoms with van der Waals surface area (Å²) in [6.07, 6.45) is 1.50. The van der Waals surface area contributed by atoms with Crippen molar-refractivity contribution in [3.8, 4) is 17.0 Å². The van der Waals surface area contributed by atoms with Crippen molar-refractivity contribution in [2.45, 2.75) is 19.8 Å². The number of nitrogens with one attached hydrogen (secondary N) is 2. The maximum atomic E-state index is 12.7. The van der Waals surface area contributed by atoms with Gasteiger partial charge in [-0.1, -0.05) is 0 Å². The molecule has 2 aromatic carbocycles. The van der Waals surface area contributed by atoms with Crippen molar-refractivity contribution in [3.63, 3.8) is 0 Å². The number of amides is 2. The lowest BCUT2D eigenvalue weighted by atomic mass is 9.95. The Bertz CT molecular complexity index is 1090. The summed E-state index contributed by atoms with van der Waals surface area (Å²) < 4.78 is 5.19. The lowest BCUT2D eigenvalue weighted by Gasteiger charge is -2.31. The molecular weight excluding hydrogens is 418 g/mol. The van der Waals surface area contributed by atoms with Gasteiger partial charge in [0.15, 0.2) is 5.82 Å². The molecule has 8 nitrogen and oxygen atoms in total. The molecule has 8 heteroatoms. The van der Waals surface area contributed by atoms with E-state index in [2.05, 4.69) is 25.7 Å². The van der Waals surface area contributed by atoms with Crippen LogP contribution in [0.2, 0.25) is 0 Å². The second-order valence-electron chi connectivity index (χ2n) is 8.01. The summed E-state index contributed by atoms with van der Waals surface area (Å²) in [5, 5.41) is 14.5. The molecule has 1 aliphatic heterocycles. The predicted octanol–water partition coefficient (Wildman–Crippen LogP) is 3.97. The molecule has 1 fully saturated rings. The second kappa shape index (κ2) is 10.1. The average Bonchev–Trinajstić information content (AvgIpc) is 2.85. The Kier molecular flexibility index (Phi) is 6.83. The van der Waals surface area contributed by atoms with Crippen molar-refractivity contribution >= 4 is 29.0 Å². The number of anilines is 3. The van der Waals surface area contributed by atoms with Gasteiger partial charge in [0.25, 0.3) is 0 Å². The third-order valence-corrected chi connectivity index (χ3v) is 5.70. The SMILES string of the molecule is COc1ccc(-c2ccc(N3CCC(C(=O)Nc4ccc(NC(C)=O)cc4)CC3)nn2)cc1. The van der Waals surface area contributed by atoms with Gasteiger partial charge in [0, 0.05) is 42.9 Å².